The average molecular weight is 284 g/mol. The standard InChI is InChI=1S/C14H22ClN3O/c1-5-18(9(2)3)10(4)14(19)17-13-7-6-11(16)8-12(13)15/h6-10H,5,16H2,1-4H3,(H,17,19). The molecule has 1 aromatic carbocycles. The second-order valence-corrected chi connectivity index (χ2v) is 5.24. The molecule has 0 aliphatic heterocycles. The Morgan fingerprint density at radius 2 is 2.05 bits per heavy atom. The highest BCUT2D eigenvalue weighted by atomic mass is 35.5. The van der Waals surface area contributed by atoms with Crippen LogP contribution in [0.15, 0.2) is 18.2 Å². The average Bonchev–Trinajstić information content (AvgIpc) is 2.32. The van der Waals surface area contributed by atoms with Gasteiger partial charge in [-0.25, -0.2) is 0 Å². The van der Waals surface area contributed by atoms with Gasteiger partial charge in [0.25, 0.3) is 0 Å². The van der Waals surface area contributed by atoms with E-state index in [1.807, 2.05) is 13.8 Å². The summed E-state index contributed by atoms with van der Waals surface area (Å²) in [6.07, 6.45) is 0. The highest BCUT2D eigenvalue weighted by molar-refractivity contribution is 6.34. The summed E-state index contributed by atoms with van der Waals surface area (Å²) in [4.78, 5) is 14.3. The number of amides is 1. The van der Waals surface area contributed by atoms with Crippen LogP contribution in [-0.4, -0.2) is 29.4 Å². The third kappa shape index (κ3) is 4.11. The van der Waals surface area contributed by atoms with Crippen LogP contribution in [0.25, 0.3) is 0 Å². The number of likely N-dealkylation sites (N-methyl/N-ethyl adjacent to an activating group) is 1. The number of carbonyl (C=O) groups excluding carboxylic acids is 1. The van der Waals surface area contributed by atoms with E-state index in [2.05, 4.69) is 24.1 Å². The number of rotatable bonds is 5. The molecule has 4 nitrogen and oxygen atoms in total. The maximum Gasteiger partial charge on any atom is 0.241 e. The van der Waals surface area contributed by atoms with Crippen molar-refractivity contribution in [1.29, 1.82) is 0 Å². The fourth-order valence-corrected chi connectivity index (χ4v) is 2.34. The van der Waals surface area contributed by atoms with E-state index in [-0.39, 0.29) is 11.9 Å². The number of carbonyl (C=O) groups is 1. The predicted octanol–water partition coefficient (Wildman–Crippen LogP) is 2.98. The fourth-order valence-electron chi connectivity index (χ4n) is 2.11. The van der Waals surface area contributed by atoms with Gasteiger partial charge in [0.2, 0.25) is 5.91 Å². The summed E-state index contributed by atoms with van der Waals surface area (Å²) in [6.45, 7) is 8.90. The van der Waals surface area contributed by atoms with E-state index in [1.165, 1.54) is 0 Å². The second-order valence-electron chi connectivity index (χ2n) is 4.83. The molecule has 1 unspecified atom stereocenters. The lowest BCUT2D eigenvalue weighted by Gasteiger charge is -2.30. The molecule has 0 fully saturated rings. The van der Waals surface area contributed by atoms with Crippen LogP contribution in [0.2, 0.25) is 5.02 Å². The van der Waals surface area contributed by atoms with Gasteiger partial charge < -0.3 is 11.1 Å². The molecule has 19 heavy (non-hydrogen) atoms. The normalized spacial score (nSPS) is 12.8. The highest BCUT2D eigenvalue weighted by Crippen LogP contribution is 2.24. The largest absolute Gasteiger partial charge is 0.399 e. The molecule has 0 heterocycles. The van der Waals surface area contributed by atoms with Crippen LogP contribution in [-0.2, 0) is 4.79 Å². The number of nitrogens with two attached hydrogens (primary N) is 1. The Bertz CT molecular complexity index is 448. The summed E-state index contributed by atoms with van der Waals surface area (Å²) in [5.41, 5.74) is 6.79. The van der Waals surface area contributed by atoms with Crippen molar-refractivity contribution in [1.82, 2.24) is 4.90 Å². The van der Waals surface area contributed by atoms with Crippen LogP contribution >= 0.6 is 11.6 Å². The number of halogens is 1. The molecule has 1 rings (SSSR count). The quantitative estimate of drug-likeness (QED) is 0.817. The van der Waals surface area contributed by atoms with Crippen molar-refractivity contribution in [3.63, 3.8) is 0 Å². The van der Waals surface area contributed by atoms with Gasteiger partial charge in [-0.15, -0.1) is 0 Å². The van der Waals surface area contributed by atoms with E-state index in [0.29, 0.717) is 22.4 Å². The Kier molecular flexibility index (Phi) is 5.63. The first-order valence-electron chi connectivity index (χ1n) is 6.48. The van der Waals surface area contributed by atoms with Crippen molar-refractivity contribution in [2.75, 3.05) is 17.6 Å². The monoisotopic (exact) mass is 283 g/mol. The van der Waals surface area contributed by atoms with Crippen molar-refractivity contribution in [2.45, 2.75) is 39.8 Å². The van der Waals surface area contributed by atoms with Gasteiger partial charge >= 0.3 is 0 Å². The Hall–Kier alpha value is -1.26. The van der Waals surface area contributed by atoms with Gasteiger partial charge in [0, 0.05) is 11.7 Å². The summed E-state index contributed by atoms with van der Waals surface area (Å²) >= 11 is 6.05. The molecule has 0 saturated heterocycles. The molecule has 0 aliphatic rings. The van der Waals surface area contributed by atoms with Crippen molar-refractivity contribution < 1.29 is 4.79 Å². The molecule has 0 aromatic heterocycles. The Balaban J connectivity index is 2.78. The number of hydrogen-bond donors (Lipinski definition) is 2. The molecule has 0 saturated carbocycles. The van der Waals surface area contributed by atoms with Gasteiger partial charge in [-0.05, 0) is 45.5 Å². The number of benzene rings is 1. The number of nitrogen functional groups attached to an aromatic ring is 1. The number of nitrogens with zero attached hydrogens (tertiary/aromatic N) is 1. The molecular formula is C14H22ClN3O. The van der Waals surface area contributed by atoms with E-state index in [4.69, 9.17) is 17.3 Å². The van der Waals surface area contributed by atoms with Gasteiger partial charge in [-0.3, -0.25) is 9.69 Å². The number of hydrogen-bond acceptors (Lipinski definition) is 3. The molecular weight excluding hydrogens is 262 g/mol. The Labute approximate surface area is 119 Å². The number of anilines is 2. The summed E-state index contributed by atoms with van der Waals surface area (Å²) in [6, 6.07) is 5.16. The molecule has 0 bridgehead atoms. The molecule has 1 aromatic rings. The van der Waals surface area contributed by atoms with Gasteiger partial charge in [0.05, 0.1) is 16.8 Å². The minimum Gasteiger partial charge on any atom is -0.399 e. The molecule has 1 atom stereocenters. The van der Waals surface area contributed by atoms with E-state index in [0.717, 1.165) is 6.54 Å². The van der Waals surface area contributed by atoms with Gasteiger partial charge in [-0.2, -0.15) is 0 Å². The molecule has 1 amide bonds. The van der Waals surface area contributed by atoms with Crippen molar-refractivity contribution in [3.8, 4) is 0 Å². The first-order chi connectivity index (χ1) is 8.86. The van der Waals surface area contributed by atoms with Crippen molar-refractivity contribution in [3.05, 3.63) is 23.2 Å². The molecule has 0 radical (unpaired) electrons. The third-order valence-electron chi connectivity index (χ3n) is 3.16. The second kappa shape index (κ2) is 6.78. The van der Waals surface area contributed by atoms with Crippen LogP contribution in [0.5, 0.6) is 0 Å². The summed E-state index contributed by atoms with van der Waals surface area (Å²) < 4.78 is 0. The summed E-state index contributed by atoms with van der Waals surface area (Å²) in [5, 5.41) is 3.29. The van der Waals surface area contributed by atoms with Crippen LogP contribution < -0.4 is 11.1 Å². The summed E-state index contributed by atoms with van der Waals surface area (Å²) in [5.74, 6) is -0.0674. The zero-order chi connectivity index (χ0) is 14.6. The topological polar surface area (TPSA) is 58.4 Å². The predicted molar refractivity (Wildman–Crippen MR) is 81.5 cm³/mol. The Morgan fingerprint density at radius 1 is 1.42 bits per heavy atom. The SMILES string of the molecule is CCN(C(C)C)C(C)C(=O)Nc1ccc(N)cc1Cl. The fraction of sp³-hybridized carbons (Fsp3) is 0.500. The maximum atomic E-state index is 12.2. The van der Waals surface area contributed by atoms with E-state index < -0.39 is 0 Å². The maximum absolute atomic E-state index is 12.2. The van der Waals surface area contributed by atoms with Gasteiger partial charge in [0.15, 0.2) is 0 Å². The minimum atomic E-state index is -0.210. The van der Waals surface area contributed by atoms with E-state index >= 15 is 0 Å². The van der Waals surface area contributed by atoms with Crippen LogP contribution in [0.4, 0.5) is 11.4 Å². The summed E-state index contributed by atoms with van der Waals surface area (Å²) in [7, 11) is 0. The minimum absolute atomic E-state index is 0.0674. The first kappa shape index (κ1) is 15.8. The molecule has 0 spiro atoms. The van der Waals surface area contributed by atoms with Crippen LogP contribution in [0.1, 0.15) is 27.7 Å². The van der Waals surface area contributed by atoms with Crippen molar-refractivity contribution in [2.24, 2.45) is 0 Å². The number of nitrogens with one attached hydrogen (secondary N) is 1. The zero-order valence-electron chi connectivity index (χ0n) is 11.9. The molecule has 5 heteroatoms. The molecule has 106 valence electrons. The molecule has 3 N–H and O–H groups in total. The van der Waals surface area contributed by atoms with E-state index in [9.17, 15) is 4.79 Å². The van der Waals surface area contributed by atoms with Crippen molar-refractivity contribution >= 4 is 28.9 Å². The Morgan fingerprint density at radius 3 is 2.53 bits per heavy atom. The zero-order valence-corrected chi connectivity index (χ0v) is 12.7. The third-order valence-corrected chi connectivity index (χ3v) is 3.47. The van der Waals surface area contributed by atoms with E-state index in [1.54, 1.807) is 18.2 Å². The van der Waals surface area contributed by atoms with Crippen LogP contribution in [0, 0.1) is 0 Å². The lowest BCUT2D eigenvalue weighted by molar-refractivity contribution is -0.121. The lowest BCUT2D eigenvalue weighted by Crippen LogP contribution is -2.45. The lowest BCUT2D eigenvalue weighted by atomic mass is 10.2. The highest BCUT2D eigenvalue weighted by Gasteiger charge is 2.22. The van der Waals surface area contributed by atoms with Gasteiger partial charge in [0.1, 0.15) is 0 Å². The smallest absolute Gasteiger partial charge is 0.241 e. The first-order valence-corrected chi connectivity index (χ1v) is 6.86. The van der Waals surface area contributed by atoms with Gasteiger partial charge in [-0.1, -0.05) is 18.5 Å². The van der Waals surface area contributed by atoms with Crippen LogP contribution in [0.3, 0.4) is 0 Å². The molecule has 0 aliphatic carbocycles.